The molecule has 0 radical (unpaired) electrons. The minimum absolute atomic E-state index is 0.0164. The predicted molar refractivity (Wildman–Crippen MR) is 248 cm³/mol. The van der Waals surface area contributed by atoms with E-state index in [-0.39, 0.29) is 41.0 Å². The van der Waals surface area contributed by atoms with Gasteiger partial charge in [-0.25, -0.2) is 8.42 Å². The highest BCUT2D eigenvalue weighted by atomic mass is 32.2. The zero-order valence-corrected chi connectivity index (χ0v) is 39.9. The molecular weight excluding hydrogens is 853 g/mol. The third-order valence-corrected chi connectivity index (χ3v) is 17.1. The van der Waals surface area contributed by atoms with Crippen LogP contribution in [0.2, 0.25) is 0 Å². The number of thioether (sulfide) groups is 1. The Morgan fingerprint density at radius 3 is 1.58 bits per heavy atom. The number of carbonyl (C=O) groups excluding carboxylic acids is 2. The molecule has 0 aromatic heterocycles. The Balaban J connectivity index is 0.000000192. The molecule has 2 saturated heterocycles. The molecule has 0 N–H and O–H groups in total. The molecular formula is C50H62N2O10S2. The molecule has 2 fully saturated rings. The number of rotatable bonds is 10. The summed E-state index contributed by atoms with van der Waals surface area (Å²) in [7, 11) is 3.01. The summed E-state index contributed by atoms with van der Waals surface area (Å²) >= 11 is 1.97. The Morgan fingerprint density at radius 2 is 1.08 bits per heavy atom. The van der Waals surface area contributed by atoms with Gasteiger partial charge in [-0.05, 0) is 126 Å². The Morgan fingerprint density at radius 1 is 0.609 bits per heavy atom. The number of methoxy groups -OCH3 is 4. The molecule has 4 aliphatic heterocycles. The van der Waals surface area contributed by atoms with E-state index in [0.717, 1.165) is 37.9 Å². The molecule has 4 aliphatic rings. The number of benzene rings is 4. The van der Waals surface area contributed by atoms with Gasteiger partial charge in [0, 0.05) is 61.2 Å². The zero-order chi connectivity index (χ0) is 45.8. The number of hydrogen-bond acceptors (Lipinski definition) is 11. The third-order valence-electron chi connectivity index (χ3n) is 12.9. The molecule has 4 aromatic rings. The molecule has 64 heavy (non-hydrogen) atoms. The molecule has 8 rings (SSSR count). The lowest BCUT2D eigenvalue weighted by Gasteiger charge is -2.46. The van der Waals surface area contributed by atoms with Crippen LogP contribution < -0.4 is 18.9 Å². The maximum atomic E-state index is 13.6. The SMILES string of the molecule is COc1cc(C(=O)N2CCC3(CC2)CC(OC)c2ccccc2S3(=O)=O)ccc1OC(C)C.COc1cc(C(=O)N2CCC3(CC2)CC(OC)c2ccccc2S3)ccc1OC(C)C. The van der Waals surface area contributed by atoms with Crippen molar-refractivity contribution in [3.8, 4) is 23.0 Å². The number of amides is 2. The highest BCUT2D eigenvalue weighted by molar-refractivity contribution is 8.00. The fraction of sp³-hybridized carbons (Fsp3) is 0.480. The van der Waals surface area contributed by atoms with Crippen LogP contribution in [0.1, 0.15) is 110 Å². The van der Waals surface area contributed by atoms with Gasteiger partial charge in [0.15, 0.2) is 32.8 Å². The first-order chi connectivity index (χ1) is 30.7. The second-order valence-electron chi connectivity index (χ2n) is 17.6. The molecule has 2 amide bonds. The van der Waals surface area contributed by atoms with E-state index in [1.807, 2.05) is 68.6 Å². The first kappa shape index (κ1) is 47.2. The lowest BCUT2D eigenvalue weighted by molar-refractivity contribution is 0.0550. The van der Waals surface area contributed by atoms with E-state index in [2.05, 4.69) is 24.3 Å². The molecule has 0 saturated carbocycles. The number of ether oxygens (including phenoxy) is 6. The van der Waals surface area contributed by atoms with Gasteiger partial charge < -0.3 is 38.2 Å². The first-order valence-electron chi connectivity index (χ1n) is 22.1. The highest BCUT2D eigenvalue weighted by Crippen LogP contribution is 2.54. The van der Waals surface area contributed by atoms with E-state index >= 15 is 0 Å². The third kappa shape index (κ3) is 9.61. The average molecular weight is 915 g/mol. The fourth-order valence-corrected chi connectivity index (χ4v) is 13.3. The Bertz CT molecular complexity index is 2400. The van der Waals surface area contributed by atoms with Crippen LogP contribution in [0.15, 0.2) is 94.7 Å². The predicted octanol–water partition coefficient (Wildman–Crippen LogP) is 9.36. The normalized spacial score (nSPS) is 20.5. The maximum absolute atomic E-state index is 13.6. The standard InChI is InChI=1S/C25H31NO6S.C25H31NO4S/c1-17(2)32-20-10-9-18(15-21(20)30-3)24(27)26-13-11-25(12-14-26)16-22(31-4)19-7-5-6-8-23(19)33(25,28)29;1-17(2)30-20-10-9-18(15-21(20)28-3)24(27)26-13-11-25(12-14-26)16-22(29-4)19-7-5-6-8-23(19)31-25/h5-10,15,17,22H,11-14,16H2,1-4H3;5-10,15,17,22H,11-14,16H2,1-4H3. The lowest BCUT2D eigenvalue weighted by Crippen LogP contribution is -2.53. The van der Waals surface area contributed by atoms with Crippen molar-refractivity contribution >= 4 is 33.4 Å². The largest absolute Gasteiger partial charge is 0.493 e. The van der Waals surface area contributed by atoms with Gasteiger partial charge in [0.1, 0.15) is 0 Å². The molecule has 4 aromatic carbocycles. The van der Waals surface area contributed by atoms with Crippen LogP contribution in [0, 0.1) is 0 Å². The van der Waals surface area contributed by atoms with Crippen LogP contribution >= 0.6 is 11.8 Å². The summed E-state index contributed by atoms with van der Waals surface area (Å²) in [4.78, 5) is 31.8. The molecule has 344 valence electrons. The monoisotopic (exact) mass is 914 g/mol. The zero-order valence-electron chi connectivity index (χ0n) is 38.3. The minimum atomic E-state index is -3.54. The van der Waals surface area contributed by atoms with E-state index < -0.39 is 14.6 Å². The molecule has 0 bridgehead atoms. The van der Waals surface area contributed by atoms with Crippen molar-refractivity contribution in [1.82, 2.24) is 9.80 Å². The van der Waals surface area contributed by atoms with Crippen molar-refractivity contribution in [2.24, 2.45) is 0 Å². The molecule has 2 spiro atoms. The van der Waals surface area contributed by atoms with Gasteiger partial charge in [0.25, 0.3) is 11.8 Å². The van der Waals surface area contributed by atoms with E-state index in [0.29, 0.717) is 71.4 Å². The van der Waals surface area contributed by atoms with Gasteiger partial charge in [0.05, 0.1) is 48.3 Å². The number of carbonyl (C=O) groups is 2. The minimum Gasteiger partial charge on any atom is -0.493 e. The highest BCUT2D eigenvalue weighted by Gasteiger charge is 2.53. The molecule has 0 aliphatic carbocycles. The van der Waals surface area contributed by atoms with E-state index in [9.17, 15) is 18.0 Å². The Hall–Kier alpha value is -4.76. The molecule has 2 unspecified atom stereocenters. The fourth-order valence-electron chi connectivity index (χ4n) is 9.45. The van der Waals surface area contributed by atoms with Crippen LogP contribution in [0.25, 0.3) is 0 Å². The van der Waals surface area contributed by atoms with E-state index in [1.165, 1.54) is 10.5 Å². The van der Waals surface area contributed by atoms with E-state index in [4.69, 9.17) is 28.4 Å². The van der Waals surface area contributed by atoms with Crippen LogP contribution in [0.4, 0.5) is 0 Å². The number of sulfone groups is 1. The topological polar surface area (TPSA) is 130 Å². The van der Waals surface area contributed by atoms with Crippen LogP contribution in [0.3, 0.4) is 0 Å². The number of hydrogen-bond donors (Lipinski definition) is 0. The van der Waals surface area contributed by atoms with Crippen molar-refractivity contribution in [2.45, 2.75) is 110 Å². The Labute approximate surface area is 382 Å². The number of piperidine rings is 2. The van der Waals surface area contributed by atoms with Crippen LogP contribution in [-0.4, -0.2) is 106 Å². The summed E-state index contributed by atoms with van der Waals surface area (Å²) in [6.45, 7) is 10.0. The van der Waals surface area contributed by atoms with E-state index in [1.54, 1.807) is 69.7 Å². The second-order valence-corrected chi connectivity index (χ2v) is 21.4. The summed E-state index contributed by atoms with van der Waals surface area (Å²) in [6, 6.07) is 26.2. The van der Waals surface area contributed by atoms with Crippen LogP contribution in [0.5, 0.6) is 23.0 Å². The maximum Gasteiger partial charge on any atom is 0.253 e. The quantitative estimate of drug-likeness (QED) is 0.151. The summed E-state index contributed by atoms with van der Waals surface area (Å²) in [5.41, 5.74) is 3.14. The summed E-state index contributed by atoms with van der Waals surface area (Å²) in [5, 5.41) is 0. The molecule has 4 heterocycles. The van der Waals surface area contributed by atoms with Gasteiger partial charge in [-0.3, -0.25) is 9.59 Å². The number of likely N-dealkylation sites (tertiary alicyclic amines) is 2. The van der Waals surface area contributed by atoms with Gasteiger partial charge in [0.2, 0.25) is 0 Å². The van der Waals surface area contributed by atoms with Gasteiger partial charge in [-0.2, -0.15) is 0 Å². The van der Waals surface area contributed by atoms with Crippen LogP contribution in [-0.2, 0) is 19.3 Å². The van der Waals surface area contributed by atoms with Gasteiger partial charge in [-0.1, -0.05) is 36.4 Å². The van der Waals surface area contributed by atoms with Crippen molar-refractivity contribution < 1.29 is 46.4 Å². The van der Waals surface area contributed by atoms with Crippen molar-refractivity contribution in [1.29, 1.82) is 0 Å². The number of nitrogens with zero attached hydrogens (tertiary/aromatic N) is 2. The first-order valence-corrected chi connectivity index (χ1v) is 24.4. The van der Waals surface area contributed by atoms with Gasteiger partial charge >= 0.3 is 0 Å². The molecule has 14 heteroatoms. The molecule has 2 atom stereocenters. The van der Waals surface area contributed by atoms with Crippen molar-refractivity contribution in [2.75, 3.05) is 54.6 Å². The second kappa shape index (κ2) is 19.8. The molecule has 12 nitrogen and oxygen atoms in total. The average Bonchev–Trinajstić information content (AvgIpc) is 3.30. The smallest absolute Gasteiger partial charge is 0.253 e. The van der Waals surface area contributed by atoms with Crippen molar-refractivity contribution in [3.05, 3.63) is 107 Å². The summed E-state index contributed by atoms with van der Waals surface area (Å²) in [6.07, 6.45) is 3.94. The summed E-state index contributed by atoms with van der Waals surface area (Å²) < 4.78 is 60.3. The van der Waals surface area contributed by atoms with Crippen molar-refractivity contribution in [3.63, 3.8) is 0 Å². The lowest BCUT2D eigenvalue weighted by atomic mass is 9.87. The summed E-state index contributed by atoms with van der Waals surface area (Å²) in [5.74, 6) is 2.24. The number of fused-ring (bicyclic) bond motifs is 2. The Kier molecular flexibility index (Phi) is 14.6. The van der Waals surface area contributed by atoms with Gasteiger partial charge in [-0.15, -0.1) is 11.8 Å².